The molecule has 1 unspecified atom stereocenters. The van der Waals surface area contributed by atoms with Crippen LogP contribution in [-0.4, -0.2) is 45.4 Å². The van der Waals surface area contributed by atoms with Gasteiger partial charge in [0.15, 0.2) is 0 Å². The maximum absolute atomic E-state index is 11.6. The number of aliphatic hydroxyl groups excluding tert-OH is 2. The number of nitrogens with zero attached hydrogens (tertiary/aromatic N) is 1. The van der Waals surface area contributed by atoms with Crippen LogP contribution >= 0.6 is 7.82 Å². The summed E-state index contributed by atoms with van der Waals surface area (Å²) in [5.74, 6) is -0.123. The minimum Gasteiger partial charge on any atom is -0.404 e. The number of non-ortho nitro benzene ring substituents is 1. The van der Waals surface area contributed by atoms with Crippen molar-refractivity contribution in [2.75, 3.05) is 19.8 Å². The first-order valence-electron chi connectivity index (χ1n) is 5.63. The van der Waals surface area contributed by atoms with Crippen molar-refractivity contribution in [3.63, 3.8) is 0 Å². The molecular formula is C10H15N2O8P. The van der Waals surface area contributed by atoms with Crippen molar-refractivity contribution in [3.05, 3.63) is 34.4 Å². The second kappa shape index (κ2) is 6.94. The zero-order chi connectivity index (χ0) is 16.1. The van der Waals surface area contributed by atoms with Crippen LogP contribution in [0, 0.1) is 10.1 Å². The molecule has 0 saturated carbocycles. The molecule has 0 saturated heterocycles. The first-order valence-corrected chi connectivity index (χ1v) is 7.13. The maximum Gasteiger partial charge on any atom is 0.527 e. The highest BCUT2D eigenvalue weighted by Crippen LogP contribution is 2.44. The van der Waals surface area contributed by atoms with Crippen molar-refractivity contribution in [2.45, 2.75) is 5.54 Å². The number of benzene rings is 1. The zero-order valence-electron chi connectivity index (χ0n) is 10.8. The van der Waals surface area contributed by atoms with E-state index < -0.39 is 38.1 Å². The molecule has 0 heterocycles. The van der Waals surface area contributed by atoms with Gasteiger partial charge in [0.05, 0.1) is 30.3 Å². The van der Waals surface area contributed by atoms with E-state index >= 15 is 0 Å². The molecule has 0 aliphatic heterocycles. The molecule has 1 aromatic rings. The predicted molar refractivity (Wildman–Crippen MR) is 70.6 cm³/mol. The van der Waals surface area contributed by atoms with Gasteiger partial charge in [0.1, 0.15) is 5.75 Å². The van der Waals surface area contributed by atoms with Crippen LogP contribution in [0.3, 0.4) is 0 Å². The molecule has 1 aromatic carbocycles. The summed E-state index contributed by atoms with van der Waals surface area (Å²) >= 11 is 0. The molecule has 10 nitrogen and oxygen atoms in total. The third-order valence-corrected chi connectivity index (χ3v) is 3.31. The highest BCUT2D eigenvalue weighted by atomic mass is 31.2. The Morgan fingerprint density at radius 1 is 1.29 bits per heavy atom. The van der Waals surface area contributed by atoms with Gasteiger partial charge in [-0.05, 0) is 12.1 Å². The number of phosphoric acid groups is 1. The minimum atomic E-state index is -4.55. The number of rotatable bonds is 8. The summed E-state index contributed by atoms with van der Waals surface area (Å²) in [7, 11) is -4.55. The third kappa shape index (κ3) is 5.38. The van der Waals surface area contributed by atoms with E-state index in [4.69, 9.17) is 15.9 Å². The molecule has 21 heavy (non-hydrogen) atoms. The molecule has 0 amide bonds. The zero-order valence-corrected chi connectivity index (χ0v) is 11.7. The number of hydrogen-bond acceptors (Lipinski definition) is 8. The van der Waals surface area contributed by atoms with E-state index in [0.29, 0.717) is 0 Å². The summed E-state index contributed by atoms with van der Waals surface area (Å²) in [6.07, 6.45) is 0. The Morgan fingerprint density at radius 2 is 1.81 bits per heavy atom. The van der Waals surface area contributed by atoms with E-state index in [0.717, 1.165) is 24.3 Å². The van der Waals surface area contributed by atoms with Crippen LogP contribution < -0.4 is 10.3 Å². The standard InChI is InChI=1S/C10H15N2O8P/c11-10(5-13,6-14)7-19-21(17,18)20-9-3-1-8(2-4-9)12(15)16/h1-4,13-14H,5-7,11H2,(H,17,18). The Morgan fingerprint density at radius 3 is 2.24 bits per heavy atom. The van der Waals surface area contributed by atoms with E-state index in [2.05, 4.69) is 9.05 Å². The van der Waals surface area contributed by atoms with Crippen molar-refractivity contribution in [1.82, 2.24) is 0 Å². The second-order valence-electron chi connectivity index (χ2n) is 4.26. The lowest BCUT2D eigenvalue weighted by Crippen LogP contribution is -2.51. The van der Waals surface area contributed by atoms with Gasteiger partial charge in [0.2, 0.25) is 0 Å². The average Bonchev–Trinajstić information content (AvgIpc) is 2.45. The summed E-state index contributed by atoms with van der Waals surface area (Å²) < 4.78 is 20.9. The monoisotopic (exact) mass is 322 g/mol. The SMILES string of the molecule is NC(CO)(CO)COP(=O)(O)Oc1ccc([N+](=O)[O-])cc1. The molecule has 0 fully saturated rings. The van der Waals surface area contributed by atoms with E-state index in [1.807, 2.05) is 0 Å². The fourth-order valence-electron chi connectivity index (χ4n) is 1.14. The number of nitro benzene ring substituents is 1. The first-order chi connectivity index (χ1) is 9.71. The van der Waals surface area contributed by atoms with Gasteiger partial charge in [-0.2, -0.15) is 0 Å². The number of nitro groups is 1. The van der Waals surface area contributed by atoms with E-state index in [1.165, 1.54) is 0 Å². The van der Waals surface area contributed by atoms with Crippen LogP contribution in [0.2, 0.25) is 0 Å². The minimum absolute atomic E-state index is 0.123. The van der Waals surface area contributed by atoms with Gasteiger partial charge in [0, 0.05) is 12.1 Å². The quantitative estimate of drug-likeness (QED) is 0.287. The smallest absolute Gasteiger partial charge is 0.404 e. The maximum atomic E-state index is 11.6. The number of hydrogen-bond donors (Lipinski definition) is 4. The van der Waals surface area contributed by atoms with Crippen LogP contribution in [0.5, 0.6) is 5.75 Å². The third-order valence-electron chi connectivity index (χ3n) is 2.41. The van der Waals surface area contributed by atoms with Crippen LogP contribution in [0.4, 0.5) is 5.69 Å². The van der Waals surface area contributed by atoms with E-state index in [1.54, 1.807) is 0 Å². The lowest BCUT2D eigenvalue weighted by atomic mass is 10.1. The Balaban J connectivity index is 2.67. The largest absolute Gasteiger partial charge is 0.527 e. The predicted octanol–water partition coefficient (Wildman–Crippen LogP) is -0.227. The number of aliphatic hydroxyl groups is 2. The van der Waals surface area contributed by atoms with Crippen molar-refractivity contribution < 1.29 is 33.6 Å². The molecule has 0 aliphatic rings. The molecule has 11 heteroatoms. The molecule has 0 aromatic heterocycles. The fraction of sp³-hybridized carbons (Fsp3) is 0.400. The molecule has 0 bridgehead atoms. The first kappa shape index (κ1) is 17.5. The Hall–Kier alpha value is -1.55. The van der Waals surface area contributed by atoms with Gasteiger partial charge in [-0.25, -0.2) is 4.57 Å². The van der Waals surface area contributed by atoms with Gasteiger partial charge < -0.3 is 20.5 Å². The number of phosphoric ester groups is 1. The molecule has 5 N–H and O–H groups in total. The van der Waals surface area contributed by atoms with Crippen molar-refractivity contribution in [1.29, 1.82) is 0 Å². The average molecular weight is 322 g/mol. The van der Waals surface area contributed by atoms with Gasteiger partial charge in [-0.1, -0.05) is 0 Å². The van der Waals surface area contributed by atoms with E-state index in [9.17, 15) is 19.6 Å². The van der Waals surface area contributed by atoms with Gasteiger partial charge >= 0.3 is 7.82 Å². The normalized spacial score (nSPS) is 14.5. The number of nitrogens with two attached hydrogens (primary N) is 1. The molecule has 118 valence electrons. The summed E-state index contributed by atoms with van der Waals surface area (Å²) in [4.78, 5) is 19.3. The second-order valence-corrected chi connectivity index (χ2v) is 5.64. The lowest BCUT2D eigenvalue weighted by Gasteiger charge is -2.25. The topological polar surface area (TPSA) is 165 Å². The van der Waals surface area contributed by atoms with Crippen molar-refractivity contribution >= 4 is 13.5 Å². The fourth-order valence-corrected chi connectivity index (χ4v) is 2.00. The summed E-state index contributed by atoms with van der Waals surface area (Å²) in [6, 6.07) is 4.42. The highest BCUT2D eigenvalue weighted by molar-refractivity contribution is 7.47. The van der Waals surface area contributed by atoms with E-state index in [-0.39, 0.29) is 11.4 Å². The Bertz CT molecular complexity index is 530. The highest BCUT2D eigenvalue weighted by Gasteiger charge is 2.31. The van der Waals surface area contributed by atoms with Crippen LogP contribution in [-0.2, 0) is 9.09 Å². The van der Waals surface area contributed by atoms with Gasteiger partial charge in [-0.3, -0.25) is 19.5 Å². The van der Waals surface area contributed by atoms with Crippen LogP contribution in [0.25, 0.3) is 0 Å². The van der Waals surface area contributed by atoms with Crippen LogP contribution in [0.15, 0.2) is 24.3 Å². The lowest BCUT2D eigenvalue weighted by molar-refractivity contribution is -0.384. The Kier molecular flexibility index (Phi) is 5.78. The summed E-state index contributed by atoms with van der Waals surface area (Å²) in [6.45, 7) is -1.96. The molecule has 0 spiro atoms. The molecule has 1 rings (SSSR count). The molecule has 0 aliphatic carbocycles. The Labute approximate surface area is 119 Å². The molecule has 1 atom stereocenters. The summed E-state index contributed by atoms with van der Waals surface area (Å²) in [5.41, 5.74) is 3.67. The van der Waals surface area contributed by atoms with Crippen LogP contribution in [0.1, 0.15) is 0 Å². The van der Waals surface area contributed by atoms with Gasteiger partial charge in [0.25, 0.3) is 5.69 Å². The summed E-state index contributed by atoms with van der Waals surface area (Å²) in [5, 5.41) is 28.3. The van der Waals surface area contributed by atoms with Crippen molar-refractivity contribution in [3.8, 4) is 5.75 Å². The molecule has 0 radical (unpaired) electrons. The van der Waals surface area contributed by atoms with Crippen molar-refractivity contribution in [2.24, 2.45) is 5.73 Å². The molecular weight excluding hydrogens is 307 g/mol. The van der Waals surface area contributed by atoms with Gasteiger partial charge in [-0.15, -0.1) is 0 Å².